The number of pyridine rings is 1. The average molecular weight is 384 g/mol. The lowest BCUT2D eigenvalue weighted by atomic mass is 10.1. The van der Waals surface area contributed by atoms with E-state index in [1.54, 1.807) is 17.7 Å². The van der Waals surface area contributed by atoms with Crippen LogP contribution in [-0.2, 0) is 6.54 Å². The predicted octanol–water partition coefficient (Wildman–Crippen LogP) is 6.05. The molecule has 0 saturated carbocycles. The number of benzene rings is 2. The SMILES string of the molecule is Cc1nn(Cc2ccccc2Cl)c2nc(-c3ccccc3)cc(C(F)F)c12. The summed E-state index contributed by atoms with van der Waals surface area (Å²) in [7, 11) is 0. The first-order valence-electron chi connectivity index (χ1n) is 8.49. The van der Waals surface area contributed by atoms with Gasteiger partial charge in [0, 0.05) is 16.1 Å². The number of halogens is 3. The first kappa shape index (κ1) is 17.6. The molecule has 136 valence electrons. The van der Waals surface area contributed by atoms with Crippen molar-refractivity contribution in [2.75, 3.05) is 0 Å². The molecule has 2 heterocycles. The number of aromatic nitrogens is 3. The Kier molecular flexibility index (Phi) is 4.62. The molecule has 0 aliphatic rings. The lowest BCUT2D eigenvalue weighted by Crippen LogP contribution is -2.04. The Labute approximate surface area is 160 Å². The first-order chi connectivity index (χ1) is 13.0. The van der Waals surface area contributed by atoms with Crippen molar-refractivity contribution in [1.82, 2.24) is 14.8 Å². The Hall–Kier alpha value is -2.79. The van der Waals surface area contributed by atoms with Crippen molar-refractivity contribution in [3.05, 3.63) is 82.5 Å². The van der Waals surface area contributed by atoms with E-state index in [0.717, 1.165) is 11.1 Å². The fraction of sp³-hybridized carbons (Fsp3) is 0.143. The van der Waals surface area contributed by atoms with Gasteiger partial charge < -0.3 is 0 Å². The molecule has 0 aliphatic carbocycles. The lowest BCUT2D eigenvalue weighted by Gasteiger charge is -2.09. The van der Waals surface area contributed by atoms with E-state index in [4.69, 9.17) is 11.6 Å². The second-order valence-electron chi connectivity index (χ2n) is 6.30. The van der Waals surface area contributed by atoms with Gasteiger partial charge in [-0.3, -0.25) is 0 Å². The van der Waals surface area contributed by atoms with Gasteiger partial charge in [-0.2, -0.15) is 5.10 Å². The minimum absolute atomic E-state index is 0.0539. The quantitative estimate of drug-likeness (QED) is 0.429. The molecule has 0 aliphatic heterocycles. The Bertz CT molecular complexity index is 1110. The summed E-state index contributed by atoms with van der Waals surface area (Å²) in [6.45, 7) is 2.08. The molecule has 0 fully saturated rings. The predicted molar refractivity (Wildman–Crippen MR) is 103 cm³/mol. The lowest BCUT2D eigenvalue weighted by molar-refractivity contribution is 0.153. The number of fused-ring (bicyclic) bond motifs is 1. The molecule has 0 radical (unpaired) electrons. The van der Waals surface area contributed by atoms with Crippen LogP contribution in [0.1, 0.15) is 23.2 Å². The van der Waals surface area contributed by atoms with Crippen LogP contribution in [0.3, 0.4) is 0 Å². The minimum atomic E-state index is -2.62. The Morgan fingerprint density at radius 3 is 2.44 bits per heavy atom. The van der Waals surface area contributed by atoms with Crippen LogP contribution in [0.15, 0.2) is 60.7 Å². The summed E-state index contributed by atoms with van der Waals surface area (Å²) in [5, 5.41) is 5.47. The first-order valence-corrected chi connectivity index (χ1v) is 8.87. The molecule has 0 atom stereocenters. The van der Waals surface area contributed by atoms with Gasteiger partial charge in [-0.25, -0.2) is 18.4 Å². The number of nitrogens with zero attached hydrogens (tertiary/aromatic N) is 3. The highest BCUT2D eigenvalue weighted by molar-refractivity contribution is 6.31. The van der Waals surface area contributed by atoms with Gasteiger partial charge in [0.25, 0.3) is 6.43 Å². The monoisotopic (exact) mass is 383 g/mol. The number of aryl methyl sites for hydroxylation is 1. The largest absolute Gasteiger partial charge is 0.264 e. The highest BCUT2D eigenvalue weighted by atomic mass is 35.5. The fourth-order valence-electron chi connectivity index (χ4n) is 3.21. The van der Waals surface area contributed by atoms with Crippen LogP contribution in [0.2, 0.25) is 5.02 Å². The number of hydrogen-bond donors (Lipinski definition) is 0. The third-order valence-corrected chi connectivity index (χ3v) is 4.86. The topological polar surface area (TPSA) is 30.7 Å². The van der Waals surface area contributed by atoms with E-state index in [1.807, 2.05) is 48.5 Å². The van der Waals surface area contributed by atoms with Gasteiger partial charge in [-0.15, -0.1) is 0 Å². The van der Waals surface area contributed by atoms with Crippen LogP contribution >= 0.6 is 11.6 Å². The van der Waals surface area contributed by atoms with Crippen molar-refractivity contribution in [2.24, 2.45) is 0 Å². The fourth-order valence-corrected chi connectivity index (χ4v) is 3.41. The van der Waals surface area contributed by atoms with Crippen molar-refractivity contribution in [3.63, 3.8) is 0 Å². The third kappa shape index (κ3) is 3.30. The zero-order valence-electron chi connectivity index (χ0n) is 14.5. The van der Waals surface area contributed by atoms with Gasteiger partial charge in [0.2, 0.25) is 0 Å². The molecule has 0 bridgehead atoms. The maximum absolute atomic E-state index is 13.8. The van der Waals surface area contributed by atoms with Crippen LogP contribution < -0.4 is 0 Å². The average Bonchev–Trinajstić information content (AvgIpc) is 2.99. The Morgan fingerprint density at radius 1 is 1.04 bits per heavy atom. The van der Waals surface area contributed by atoms with E-state index >= 15 is 0 Å². The van der Waals surface area contributed by atoms with Gasteiger partial charge in [-0.05, 0) is 24.6 Å². The summed E-state index contributed by atoms with van der Waals surface area (Å²) in [5.41, 5.74) is 3.04. The van der Waals surface area contributed by atoms with E-state index in [2.05, 4.69) is 10.1 Å². The molecule has 0 spiro atoms. The van der Waals surface area contributed by atoms with Crippen LogP contribution in [0.4, 0.5) is 8.78 Å². The van der Waals surface area contributed by atoms with Crippen LogP contribution in [-0.4, -0.2) is 14.8 Å². The van der Waals surface area contributed by atoms with Crippen molar-refractivity contribution in [1.29, 1.82) is 0 Å². The number of hydrogen-bond acceptors (Lipinski definition) is 2. The van der Waals surface area contributed by atoms with Gasteiger partial charge in [0.1, 0.15) is 0 Å². The molecular formula is C21H16ClF2N3. The number of alkyl halides is 2. The van der Waals surface area contributed by atoms with Gasteiger partial charge >= 0.3 is 0 Å². The van der Waals surface area contributed by atoms with Crippen LogP contribution in [0.25, 0.3) is 22.3 Å². The van der Waals surface area contributed by atoms with E-state index in [9.17, 15) is 8.78 Å². The van der Waals surface area contributed by atoms with Crippen LogP contribution in [0.5, 0.6) is 0 Å². The molecule has 0 saturated heterocycles. The zero-order chi connectivity index (χ0) is 19.0. The molecule has 3 nitrogen and oxygen atoms in total. The van der Waals surface area contributed by atoms with Gasteiger partial charge in [0.05, 0.1) is 23.3 Å². The van der Waals surface area contributed by atoms with Crippen molar-refractivity contribution >= 4 is 22.6 Å². The van der Waals surface area contributed by atoms with E-state index in [0.29, 0.717) is 34.0 Å². The summed E-state index contributed by atoms with van der Waals surface area (Å²) in [4.78, 5) is 4.66. The summed E-state index contributed by atoms with van der Waals surface area (Å²) in [6.07, 6.45) is -2.62. The van der Waals surface area contributed by atoms with Crippen LogP contribution in [0, 0.1) is 6.92 Å². The number of rotatable bonds is 4. The maximum Gasteiger partial charge on any atom is 0.264 e. The molecule has 0 amide bonds. The molecule has 4 rings (SSSR count). The van der Waals surface area contributed by atoms with Gasteiger partial charge in [-0.1, -0.05) is 60.1 Å². The Morgan fingerprint density at radius 2 is 1.74 bits per heavy atom. The minimum Gasteiger partial charge on any atom is -0.242 e. The zero-order valence-corrected chi connectivity index (χ0v) is 15.3. The normalized spacial score (nSPS) is 11.4. The summed E-state index contributed by atoms with van der Waals surface area (Å²) >= 11 is 6.26. The highest BCUT2D eigenvalue weighted by Crippen LogP contribution is 2.33. The smallest absolute Gasteiger partial charge is 0.242 e. The summed E-state index contributed by atoms with van der Waals surface area (Å²) in [6, 6.07) is 18.2. The molecule has 6 heteroatoms. The molecule has 4 aromatic rings. The molecular weight excluding hydrogens is 368 g/mol. The molecule has 0 unspecified atom stereocenters. The second kappa shape index (κ2) is 7.08. The summed E-state index contributed by atoms with van der Waals surface area (Å²) in [5.74, 6) is 0. The summed E-state index contributed by atoms with van der Waals surface area (Å²) < 4.78 is 29.2. The van der Waals surface area contributed by atoms with Crippen molar-refractivity contribution in [3.8, 4) is 11.3 Å². The Balaban J connectivity index is 1.93. The molecule has 2 aromatic carbocycles. The van der Waals surface area contributed by atoms with E-state index < -0.39 is 6.43 Å². The van der Waals surface area contributed by atoms with E-state index in [1.165, 1.54) is 6.07 Å². The standard InChI is InChI=1S/C21H16ClF2N3/c1-13-19-16(20(23)24)11-18(14-7-3-2-4-8-14)25-21(19)27(26-13)12-15-9-5-6-10-17(15)22/h2-11,20H,12H2,1H3. The van der Waals surface area contributed by atoms with Crippen molar-refractivity contribution < 1.29 is 8.78 Å². The second-order valence-corrected chi connectivity index (χ2v) is 6.70. The van der Waals surface area contributed by atoms with Gasteiger partial charge in [0.15, 0.2) is 5.65 Å². The third-order valence-electron chi connectivity index (χ3n) is 4.49. The van der Waals surface area contributed by atoms with Crippen molar-refractivity contribution in [2.45, 2.75) is 19.9 Å². The molecule has 2 aromatic heterocycles. The molecule has 27 heavy (non-hydrogen) atoms. The maximum atomic E-state index is 13.8. The highest BCUT2D eigenvalue weighted by Gasteiger charge is 2.21. The van der Waals surface area contributed by atoms with E-state index in [-0.39, 0.29) is 5.56 Å². The molecule has 0 N–H and O–H groups in total.